The minimum absolute atomic E-state index is 0.0907. The Bertz CT molecular complexity index is 1440. The number of rotatable bonds is 5. The van der Waals surface area contributed by atoms with Crippen LogP contribution in [0.1, 0.15) is 74.0 Å². The van der Waals surface area contributed by atoms with E-state index in [1.807, 2.05) is 46.7 Å². The average molecular weight is 559 g/mol. The van der Waals surface area contributed by atoms with Crippen LogP contribution in [0, 0.1) is 16.7 Å². The van der Waals surface area contributed by atoms with Crippen molar-refractivity contribution in [2.75, 3.05) is 26.2 Å². The maximum atomic E-state index is 13.6. The number of piperidine rings is 1. The molecule has 0 saturated carbocycles. The number of amides is 2. The first-order valence-electron chi connectivity index (χ1n) is 13.6. The van der Waals surface area contributed by atoms with Gasteiger partial charge in [0.25, 0.3) is 11.8 Å². The second-order valence-electron chi connectivity index (χ2n) is 11.1. The predicted octanol–water partition coefficient (Wildman–Crippen LogP) is 5.82. The highest BCUT2D eigenvalue weighted by molar-refractivity contribution is 7.12. The van der Waals surface area contributed by atoms with Crippen LogP contribution in [0.2, 0.25) is 5.02 Å². The Morgan fingerprint density at radius 1 is 1.08 bits per heavy atom. The highest BCUT2D eigenvalue weighted by Crippen LogP contribution is 2.41. The Labute approximate surface area is 238 Å². The Morgan fingerprint density at radius 3 is 2.56 bits per heavy atom. The fraction of sp³-hybridized carbons (Fsp3) is 0.387. The van der Waals surface area contributed by atoms with Crippen LogP contribution in [-0.2, 0) is 13.0 Å². The molecule has 1 aromatic heterocycles. The number of hydrogen-bond acceptors (Lipinski definition) is 5. The third-order valence-electron chi connectivity index (χ3n) is 8.73. The van der Waals surface area contributed by atoms with Crippen molar-refractivity contribution in [2.24, 2.45) is 5.41 Å². The van der Waals surface area contributed by atoms with Gasteiger partial charge in [0.05, 0.1) is 22.7 Å². The SMILES string of the molecule is N#Cc1ccc(CN2CCC3(CC2)CCN(C(=O)c2ccc4c(c2)C(NC(=O)c2sccc2Cl)CC4)C3)cc1. The number of thiophene rings is 1. The number of likely N-dealkylation sites (tertiary alicyclic amines) is 2. The lowest BCUT2D eigenvalue weighted by Gasteiger charge is -2.39. The normalized spacial score (nSPS) is 20.1. The van der Waals surface area contributed by atoms with Crippen molar-refractivity contribution in [3.8, 4) is 6.07 Å². The van der Waals surface area contributed by atoms with Gasteiger partial charge in [0.15, 0.2) is 0 Å². The summed E-state index contributed by atoms with van der Waals surface area (Å²) in [7, 11) is 0. The number of carbonyl (C=O) groups is 2. The van der Waals surface area contributed by atoms with Crippen molar-refractivity contribution >= 4 is 34.8 Å². The first-order valence-corrected chi connectivity index (χ1v) is 14.9. The van der Waals surface area contributed by atoms with Crippen LogP contribution >= 0.6 is 22.9 Å². The van der Waals surface area contributed by atoms with Gasteiger partial charge in [0.2, 0.25) is 0 Å². The van der Waals surface area contributed by atoms with E-state index in [9.17, 15) is 9.59 Å². The molecule has 1 aliphatic carbocycles. The molecule has 1 atom stereocenters. The molecule has 1 unspecified atom stereocenters. The molecular weight excluding hydrogens is 528 g/mol. The van der Waals surface area contributed by atoms with Gasteiger partial charge in [-0.3, -0.25) is 14.5 Å². The molecule has 2 fully saturated rings. The lowest BCUT2D eigenvalue weighted by Crippen LogP contribution is -2.42. The Hall–Kier alpha value is -3.18. The molecular formula is C31H31ClN4O2S. The van der Waals surface area contributed by atoms with E-state index < -0.39 is 0 Å². The Balaban J connectivity index is 1.07. The van der Waals surface area contributed by atoms with Crippen LogP contribution in [0.25, 0.3) is 0 Å². The van der Waals surface area contributed by atoms with E-state index in [-0.39, 0.29) is 23.3 Å². The molecule has 39 heavy (non-hydrogen) atoms. The van der Waals surface area contributed by atoms with Crippen molar-refractivity contribution in [3.63, 3.8) is 0 Å². The maximum absolute atomic E-state index is 13.6. The third-order valence-corrected chi connectivity index (χ3v) is 10.1. The van der Waals surface area contributed by atoms with Gasteiger partial charge >= 0.3 is 0 Å². The monoisotopic (exact) mass is 558 g/mol. The van der Waals surface area contributed by atoms with Crippen LogP contribution in [-0.4, -0.2) is 47.8 Å². The lowest BCUT2D eigenvalue weighted by atomic mass is 9.77. The van der Waals surface area contributed by atoms with Crippen LogP contribution in [0.15, 0.2) is 53.9 Å². The molecule has 8 heteroatoms. The number of halogens is 1. The van der Waals surface area contributed by atoms with Crippen LogP contribution < -0.4 is 5.32 Å². The maximum Gasteiger partial charge on any atom is 0.263 e. The smallest absolute Gasteiger partial charge is 0.263 e. The number of hydrogen-bond donors (Lipinski definition) is 1. The molecule has 200 valence electrons. The van der Waals surface area contributed by atoms with Crippen molar-refractivity contribution < 1.29 is 9.59 Å². The molecule has 2 saturated heterocycles. The largest absolute Gasteiger partial charge is 0.344 e. The number of carbonyl (C=O) groups excluding carboxylic acids is 2. The number of fused-ring (bicyclic) bond motifs is 1. The zero-order valence-electron chi connectivity index (χ0n) is 21.8. The molecule has 6 nitrogen and oxygen atoms in total. The highest BCUT2D eigenvalue weighted by Gasteiger charge is 2.42. The van der Waals surface area contributed by atoms with E-state index in [0.717, 1.165) is 70.4 Å². The van der Waals surface area contributed by atoms with Gasteiger partial charge < -0.3 is 10.2 Å². The van der Waals surface area contributed by atoms with Crippen molar-refractivity contribution in [1.82, 2.24) is 15.1 Å². The zero-order chi connectivity index (χ0) is 27.0. The number of aryl methyl sites for hydroxylation is 1. The highest BCUT2D eigenvalue weighted by atomic mass is 35.5. The summed E-state index contributed by atoms with van der Waals surface area (Å²) in [6.45, 7) is 4.55. The van der Waals surface area contributed by atoms with E-state index in [2.05, 4.69) is 22.4 Å². The van der Waals surface area contributed by atoms with E-state index in [1.165, 1.54) is 22.5 Å². The van der Waals surface area contributed by atoms with Crippen molar-refractivity contribution in [2.45, 2.75) is 44.7 Å². The Kier molecular flexibility index (Phi) is 7.20. The van der Waals surface area contributed by atoms with Crippen LogP contribution in [0.3, 0.4) is 0 Å². The number of nitrogens with zero attached hydrogens (tertiary/aromatic N) is 3. The van der Waals surface area contributed by atoms with E-state index >= 15 is 0 Å². The molecule has 2 amide bonds. The average Bonchev–Trinajstić information content (AvgIpc) is 3.69. The van der Waals surface area contributed by atoms with E-state index in [4.69, 9.17) is 16.9 Å². The molecule has 0 bridgehead atoms. The number of nitrogens with one attached hydrogen (secondary N) is 1. The minimum Gasteiger partial charge on any atom is -0.344 e. The standard InChI is InChI=1S/C31H31ClN4O2S/c32-26-9-16-39-28(26)29(37)34-27-8-7-23-5-6-24(17-25(23)27)30(38)36-15-12-31(20-36)10-13-35(14-11-31)19-22-3-1-21(18-33)2-4-22/h1-6,9,16-17,27H,7-8,10-15,19-20H2,(H,34,37). The Morgan fingerprint density at radius 2 is 1.85 bits per heavy atom. The van der Waals surface area contributed by atoms with Gasteiger partial charge in [0, 0.05) is 25.2 Å². The van der Waals surface area contributed by atoms with Gasteiger partial charge in [-0.2, -0.15) is 5.26 Å². The van der Waals surface area contributed by atoms with Gasteiger partial charge in [-0.25, -0.2) is 0 Å². The molecule has 2 aliphatic heterocycles. The molecule has 3 aliphatic rings. The summed E-state index contributed by atoms with van der Waals surface area (Å²) >= 11 is 7.50. The van der Waals surface area contributed by atoms with Crippen molar-refractivity contribution in [3.05, 3.63) is 91.6 Å². The lowest BCUT2D eigenvalue weighted by molar-refractivity contribution is 0.0713. The van der Waals surface area contributed by atoms with Crippen LogP contribution in [0.5, 0.6) is 0 Å². The second-order valence-corrected chi connectivity index (χ2v) is 12.5. The van der Waals surface area contributed by atoms with Crippen LogP contribution in [0.4, 0.5) is 0 Å². The topological polar surface area (TPSA) is 76.4 Å². The number of benzene rings is 2. The summed E-state index contributed by atoms with van der Waals surface area (Å²) in [6.07, 6.45) is 4.95. The summed E-state index contributed by atoms with van der Waals surface area (Å²) in [4.78, 5) is 31.4. The molecule has 3 heterocycles. The van der Waals surface area contributed by atoms with Gasteiger partial charge in [-0.1, -0.05) is 29.8 Å². The fourth-order valence-corrected chi connectivity index (χ4v) is 7.44. The third kappa shape index (κ3) is 5.34. The summed E-state index contributed by atoms with van der Waals surface area (Å²) < 4.78 is 0. The van der Waals surface area contributed by atoms with Crippen molar-refractivity contribution in [1.29, 1.82) is 5.26 Å². The molecule has 1 N–H and O–H groups in total. The van der Waals surface area contributed by atoms with Gasteiger partial charge in [-0.05, 0) is 103 Å². The second kappa shape index (κ2) is 10.8. The zero-order valence-corrected chi connectivity index (χ0v) is 23.4. The molecule has 6 rings (SSSR count). The molecule has 0 radical (unpaired) electrons. The summed E-state index contributed by atoms with van der Waals surface area (Å²) in [5, 5.41) is 14.4. The fourth-order valence-electron chi connectivity index (χ4n) is 6.39. The first kappa shape index (κ1) is 26.1. The first-order chi connectivity index (χ1) is 18.9. The minimum atomic E-state index is -0.156. The van der Waals surface area contributed by atoms with Gasteiger partial charge in [0.1, 0.15) is 4.88 Å². The molecule has 1 spiro atoms. The summed E-state index contributed by atoms with van der Waals surface area (Å²) in [5.41, 5.74) is 5.08. The number of nitriles is 1. The van der Waals surface area contributed by atoms with Gasteiger partial charge in [-0.15, -0.1) is 11.3 Å². The van der Waals surface area contributed by atoms with E-state index in [0.29, 0.717) is 21.0 Å². The summed E-state index contributed by atoms with van der Waals surface area (Å²) in [6, 6.07) is 17.7. The quantitative estimate of drug-likeness (QED) is 0.428. The molecule has 2 aromatic carbocycles. The molecule has 3 aromatic rings. The van der Waals surface area contributed by atoms with E-state index in [1.54, 1.807) is 6.07 Å². The summed E-state index contributed by atoms with van der Waals surface area (Å²) in [5.74, 6) is -0.0652. The predicted molar refractivity (Wildman–Crippen MR) is 153 cm³/mol.